The maximum absolute atomic E-state index is 12.3. The SMILES string of the molecule is CC(C)OC(=O)[C@@H](OC(=O)c1ccccc1)c1ccc([N+](=O)[O-])cc1. The summed E-state index contributed by atoms with van der Waals surface area (Å²) in [5.74, 6) is -1.43. The predicted molar refractivity (Wildman–Crippen MR) is 88.9 cm³/mol. The second-order valence-electron chi connectivity index (χ2n) is 5.49. The molecule has 1 atom stereocenters. The molecule has 2 rings (SSSR count). The fourth-order valence-corrected chi connectivity index (χ4v) is 2.07. The van der Waals surface area contributed by atoms with Crippen LogP contribution in [0.3, 0.4) is 0 Å². The first-order chi connectivity index (χ1) is 11.9. The van der Waals surface area contributed by atoms with Crippen LogP contribution in [0, 0.1) is 10.1 Å². The molecule has 25 heavy (non-hydrogen) atoms. The quantitative estimate of drug-likeness (QED) is 0.453. The van der Waals surface area contributed by atoms with E-state index in [1.165, 1.54) is 24.3 Å². The van der Waals surface area contributed by atoms with Gasteiger partial charge in [0.1, 0.15) is 0 Å². The van der Waals surface area contributed by atoms with Gasteiger partial charge in [0.25, 0.3) is 5.69 Å². The van der Waals surface area contributed by atoms with Gasteiger partial charge in [0, 0.05) is 17.7 Å². The molecular weight excluding hydrogens is 326 g/mol. The molecule has 0 fully saturated rings. The summed E-state index contributed by atoms with van der Waals surface area (Å²) in [6.07, 6.45) is -1.71. The number of nitro benzene ring substituents is 1. The van der Waals surface area contributed by atoms with Gasteiger partial charge in [-0.2, -0.15) is 0 Å². The molecule has 0 aliphatic carbocycles. The van der Waals surface area contributed by atoms with E-state index in [4.69, 9.17) is 9.47 Å². The zero-order valence-corrected chi connectivity index (χ0v) is 13.7. The van der Waals surface area contributed by atoms with Gasteiger partial charge < -0.3 is 9.47 Å². The lowest BCUT2D eigenvalue weighted by molar-refractivity contribution is -0.384. The Morgan fingerprint density at radius 3 is 2.08 bits per heavy atom. The van der Waals surface area contributed by atoms with Crippen molar-refractivity contribution in [2.24, 2.45) is 0 Å². The minimum Gasteiger partial charge on any atom is -0.460 e. The summed E-state index contributed by atoms with van der Waals surface area (Å²) >= 11 is 0. The number of ether oxygens (including phenoxy) is 2. The Bertz CT molecular complexity index is 755. The topological polar surface area (TPSA) is 95.7 Å². The van der Waals surface area contributed by atoms with E-state index in [0.717, 1.165) is 0 Å². The second kappa shape index (κ2) is 8.05. The van der Waals surface area contributed by atoms with E-state index in [0.29, 0.717) is 5.56 Å². The normalized spacial score (nSPS) is 11.6. The summed E-state index contributed by atoms with van der Waals surface area (Å²) in [6.45, 7) is 3.34. The summed E-state index contributed by atoms with van der Waals surface area (Å²) in [5, 5.41) is 10.8. The zero-order chi connectivity index (χ0) is 18.4. The van der Waals surface area contributed by atoms with Crippen molar-refractivity contribution >= 4 is 17.6 Å². The third-order valence-electron chi connectivity index (χ3n) is 3.21. The molecule has 0 unspecified atom stereocenters. The molecule has 0 saturated heterocycles. The van der Waals surface area contributed by atoms with E-state index in [-0.39, 0.29) is 11.3 Å². The van der Waals surface area contributed by atoms with Gasteiger partial charge in [0.2, 0.25) is 6.10 Å². The van der Waals surface area contributed by atoms with Crippen molar-refractivity contribution in [1.82, 2.24) is 0 Å². The first kappa shape index (κ1) is 18.1. The summed E-state index contributed by atoms with van der Waals surface area (Å²) < 4.78 is 10.4. The Kier molecular flexibility index (Phi) is 5.84. The number of carbonyl (C=O) groups excluding carboxylic acids is 2. The summed E-state index contributed by atoms with van der Waals surface area (Å²) in [4.78, 5) is 34.8. The summed E-state index contributed by atoms with van der Waals surface area (Å²) in [6, 6.07) is 13.4. The van der Waals surface area contributed by atoms with E-state index in [1.54, 1.807) is 44.2 Å². The average Bonchev–Trinajstić information content (AvgIpc) is 2.59. The number of benzene rings is 2. The monoisotopic (exact) mass is 343 g/mol. The number of nitrogens with zero attached hydrogens (tertiary/aromatic N) is 1. The van der Waals surface area contributed by atoms with Gasteiger partial charge in [-0.25, -0.2) is 9.59 Å². The fraction of sp³-hybridized carbons (Fsp3) is 0.222. The van der Waals surface area contributed by atoms with Crippen LogP contribution in [0.2, 0.25) is 0 Å². The molecule has 7 heteroatoms. The molecule has 0 aromatic heterocycles. The molecular formula is C18H17NO6. The Morgan fingerprint density at radius 1 is 0.960 bits per heavy atom. The van der Waals surface area contributed by atoms with Crippen molar-refractivity contribution in [3.05, 3.63) is 75.8 Å². The summed E-state index contributed by atoms with van der Waals surface area (Å²) in [7, 11) is 0. The lowest BCUT2D eigenvalue weighted by Gasteiger charge is -2.18. The minimum atomic E-state index is -1.31. The number of hydrogen-bond donors (Lipinski definition) is 0. The van der Waals surface area contributed by atoms with Crippen LogP contribution >= 0.6 is 0 Å². The molecule has 0 radical (unpaired) electrons. The van der Waals surface area contributed by atoms with Crippen molar-refractivity contribution in [2.45, 2.75) is 26.1 Å². The van der Waals surface area contributed by atoms with Crippen LogP contribution in [0.1, 0.15) is 35.9 Å². The zero-order valence-electron chi connectivity index (χ0n) is 13.7. The number of hydrogen-bond acceptors (Lipinski definition) is 6. The van der Waals surface area contributed by atoms with Crippen LogP contribution in [0.4, 0.5) is 5.69 Å². The maximum atomic E-state index is 12.3. The second-order valence-corrected chi connectivity index (χ2v) is 5.49. The highest BCUT2D eigenvalue weighted by Crippen LogP contribution is 2.24. The minimum absolute atomic E-state index is 0.130. The smallest absolute Gasteiger partial charge is 0.352 e. The Labute approximate surface area is 144 Å². The van der Waals surface area contributed by atoms with Crippen molar-refractivity contribution < 1.29 is 24.0 Å². The largest absolute Gasteiger partial charge is 0.460 e. The highest BCUT2D eigenvalue weighted by atomic mass is 16.6. The molecule has 130 valence electrons. The molecule has 0 spiro atoms. The molecule has 0 aliphatic rings. The van der Waals surface area contributed by atoms with E-state index in [2.05, 4.69) is 0 Å². The van der Waals surface area contributed by atoms with Gasteiger partial charge in [0.15, 0.2) is 0 Å². The molecule has 0 bridgehead atoms. The lowest BCUT2D eigenvalue weighted by atomic mass is 10.1. The maximum Gasteiger partial charge on any atom is 0.352 e. The molecule has 2 aromatic rings. The number of carbonyl (C=O) groups is 2. The highest BCUT2D eigenvalue weighted by Gasteiger charge is 2.28. The van der Waals surface area contributed by atoms with Crippen LogP contribution in [0.25, 0.3) is 0 Å². The first-order valence-corrected chi connectivity index (χ1v) is 7.59. The van der Waals surface area contributed by atoms with Gasteiger partial charge in [-0.3, -0.25) is 10.1 Å². The predicted octanol–water partition coefficient (Wildman–Crippen LogP) is 3.44. The molecule has 0 amide bonds. The van der Waals surface area contributed by atoms with E-state index in [1.807, 2.05) is 0 Å². The number of esters is 2. The lowest BCUT2D eigenvalue weighted by Crippen LogP contribution is -2.24. The van der Waals surface area contributed by atoms with Crippen LogP contribution in [0.15, 0.2) is 54.6 Å². The van der Waals surface area contributed by atoms with Crippen LogP contribution in [-0.2, 0) is 14.3 Å². The van der Waals surface area contributed by atoms with Crippen molar-refractivity contribution in [1.29, 1.82) is 0 Å². The Balaban J connectivity index is 2.28. The molecule has 0 N–H and O–H groups in total. The first-order valence-electron chi connectivity index (χ1n) is 7.59. The van der Waals surface area contributed by atoms with Gasteiger partial charge in [-0.1, -0.05) is 18.2 Å². The average molecular weight is 343 g/mol. The third-order valence-corrected chi connectivity index (χ3v) is 3.21. The van der Waals surface area contributed by atoms with Crippen molar-refractivity contribution in [2.75, 3.05) is 0 Å². The van der Waals surface area contributed by atoms with E-state index in [9.17, 15) is 19.7 Å². The van der Waals surface area contributed by atoms with Gasteiger partial charge in [-0.05, 0) is 38.1 Å². The Morgan fingerprint density at radius 2 is 1.56 bits per heavy atom. The standard InChI is InChI=1S/C18H17NO6/c1-12(2)24-18(21)16(13-8-10-15(11-9-13)19(22)23)25-17(20)14-6-4-3-5-7-14/h3-12,16H,1-2H3/t16-/m0/s1. The van der Waals surface area contributed by atoms with E-state index >= 15 is 0 Å². The molecule has 0 saturated carbocycles. The molecule has 0 heterocycles. The summed E-state index contributed by atoms with van der Waals surface area (Å²) in [5.41, 5.74) is 0.446. The van der Waals surface area contributed by atoms with Gasteiger partial charge in [0.05, 0.1) is 16.6 Å². The van der Waals surface area contributed by atoms with Crippen LogP contribution < -0.4 is 0 Å². The number of rotatable bonds is 6. The van der Waals surface area contributed by atoms with Gasteiger partial charge >= 0.3 is 11.9 Å². The molecule has 0 aliphatic heterocycles. The molecule has 7 nitrogen and oxygen atoms in total. The van der Waals surface area contributed by atoms with Crippen LogP contribution in [0.5, 0.6) is 0 Å². The molecule has 2 aromatic carbocycles. The third kappa shape index (κ3) is 4.87. The number of non-ortho nitro benzene ring substituents is 1. The fourth-order valence-electron chi connectivity index (χ4n) is 2.07. The highest BCUT2D eigenvalue weighted by molar-refractivity contribution is 5.91. The Hall–Kier alpha value is -3.22. The van der Waals surface area contributed by atoms with Crippen molar-refractivity contribution in [3.63, 3.8) is 0 Å². The van der Waals surface area contributed by atoms with Crippen LogP contribution in [-0.4, -0.2) is 23.0 Å². The van der Waals surface area contributed by atoms with Gasteiger partial charge in [-0.15, -0.1) is 0 Å². The number of nitro groups is 1. The van der Waals surface area contributed by atoms with Crippen molar-refractivity contribution in [3.8, 4) is 0 Å². The van der Waals surface area contributed by atoms with E-state index < -0.39 is 29.1 Å².